The molecule has 0 amide bonds. The third-order valence-corrected chi connectivity index (χ3v) is 21.3. The average molecular weight is 1980 g/mol. The van der Waals surface area contributed by atoms with Crippen LogP contribution in [0.5, 0.6) is 0 Å². The molecule has 0 aliphatic carbocycles. The van der Waals surface area contributed by atoms with Crippen LogP contribution in [0.15, 0.2) is 177 Å². The lowest BCUT2D eigenvalue weighted by Crippen LogP contribution is -2.49. The van der Waals surface area contributed by atoms with E-state index in [1.54, 1.807) is 145 Å². The second-order valence-corrected chi connectivity index (χ2v) is 32.2. The number of aromatic nitrogens is 7. The van der Waals surface area contributed by atoms with E-state index >= 15 is 0 Å². The molecule has 12 heterocycles. The van der Waals surface area contributed by atoms with E-state index in [-0.39, 0.29) is 31.3 Å². The number of rotatable bonds is 26. The fourth-order valence-corrected chi connectivity index (χ4v) is 14.3. The predicted octanol–water partition coefficient (Wildman–Crippen LogP) is 11.1. The summed E-state index contributed by atoms with van der Waals surface area (Å²) in [5, 5.41) is 105. The van der Waals surface area contributed by atoms with Gasteiger partial charge in [0.15, 0.2) is 36.4 Å². The van der Waals surface area contributed by atoms with Crippen molar-refractivity contribution in [2.45, 2.75) is 73.0 Å². The summed E-state index contributed by atoms with van der Waals surface area (Å²) in [6.45, 7) is 15.7. The van der Waals surface area contributed by atoms with Gasteiger partial charge in [-0.3, -0.25) is 30.3 Å². The molecule has 5 fully saturated rings. The Labute approximate surface area is 787 Å². The highest BCUT2D eigenvalue weighted by Gasteiger charge is 2.28. The molecule has 0 aromatic carbocycles. The molecule has 7 aromatic heterocycles. The summed E-state index contributed by atoms with van der Waals surface area (Å²) in [5.41, 5.74) is 5.81. The molecule has 0 bridgehead atoms. The summed E-state index contributed by atoms with van der Waals surface area (Å²) < 4.78 is 5.72. The highest BCUT2D eigenvalue weighted by atomic mass is 35.5. The van der Waals surface area contributed by atoms with Gasteiger partial charge in [-0.05, 0) is 97.0 Å². The van der Waals surface area contributed by atoms with Crippen molar-refractivity contribution < 1.29 is 34.6 Å². The Bertz CT molecular complexity index is 4930. The fraction of sp³-hybridized carbons (Fsp3) is 0.370. The number of amidine groups is 2. The van der Waals surface area contributed by atoms with Crippen LogP contribution in [0.1, 0.15) is 65.4 Å². The Morgan fingerprint density at radius 1 is 0.527 bits per heavy atom. The smallest absolute Gasteiger partial charge is 0.277 e. The van der Waals surface area contributed by atoms with E-state index in [4.69, 9.17) is 96.5 Å². The predicted molar refractivity (Wildman–Crippen MR) is 494 cm³/mol. The summed E-state index contributed by atoms with van der Waals surface area (Å²) >= 11 is 44.3. The van der Waals surface area contributed by atoms with E-state index in [2.05, 4.69) is 91.7 Å². The van der Waals surface area contributed by atoms with E-state index in [1.807, 2.05) is 78.2 Å². The van der Waals surface area contributed by atoms with E-state index < -0.39 is 29.9 Å². The number of halogens is 7. The average Bonchev–Trinajstić information content (AvgIpc) is 1.81. The molecule has 0 radical (unpaired) electrons. The maximum Gasteiger partial charge on any atom is 0.277 e. The van der Waals surface area contributed by atoms with Gasteiger partial charge < -0.3 is 70.5 Å². The first-order chi connectivity index (χ1) is 61.7. The molecular weight excluding hydrogens is 1890 g/mol. The largest absolute Gasteiger partial charge is 0.375 e. The number of guanidine groups is 3. The highest BCUT2D eigenvalue weighted by Crippen LogP contribution is 2.24. The molecule has 0 spiro atoms. The Balaban J connectivity index is 0.000000262. The normalized spacial score (nSPS) is 15.4. The Hall–Kier alpha value is -12.4. The van der Waals surface area contributed by atoms with Crippen LogP contribution in [0.3, 0.4) is 0 Å². The second kappa shape index (κ2) is 58.8. The van der Waals surface area contributed by atoms with Gasteiger partial charge in [0.25, 0.3) is 36.5 Å². The second-order valence-electron chi connectivity index (χ2n) is 25.9. The molecule has 0 saturated carbocycles. The van der Waals surface area contributed by atoms with E-state index in [1.165, 1.54) is 23.1 Å². The van der Waals surface area contributed by atoms with Gasteiger partial charge in [-0.15, -0.1) is 28.1 Å². The zero-order valence-corrected chi connectivity index (χ0v) is 77.8. The molecule has 5 N–H and O–H groups in total. The van der Waals surface area contributed by atoms with Crippen LogP contribution >= 0.6 is 116 Å². The first-order valence-electron chi connectivity index (χ1n) is 37.9. The van der Waals surface area contributed by atoms with Gasteiger partial charge in [-0.25, -0.2) is 65.2 Å². The zero-order valence-electron chi connectivity index (χ0n) is 70.0. The van der Waals surface area contributed by atoms with Crippen molar-refractivity contribution in [2.24, 2.45) is 25.3 Å². The SMILES string of the molecule is C/C(=N\C#N)N(C)Cc1ccc(Cl)nc1.CCN(Cc1ccc(Cl)nc1)/C(=C/[N+](=O)[O-])NC.CCN(Cc1ccc(Cl)nc1)/C(=C/[N+](=O)[O-])NC.CN1COCN(Cc2cnc(Cl)s2)/C1=N/[N+](=O)[O-].N#C/N=C1\SCCN1Cc1ccc(Cl)nc1.O=[N+]([O-])/C=C1/NCCCS1.O=[N+]([O-])/N=C1\NCCN1Cc1ccc(Cl)nc1.O=[N+]([O-])/N=C1\NCCN1Cc1ccc(Cl)nc1. The van der Waals surface area contributed by atoms with Gasteiger partial charge in [0.1, 0.15) is 70.5 Å². The number of aliphatic imine (C=N–C) groups is 2. The van der Waals surface area contributed by atoms with Crippen LogP contribution in [0, 0.1) is 83.6 Å². The molecule has 56 heteroatoms. The molecule has 46 nitrogen and oxygen atoms in total. The minimum absolute atomic E-state index is 0.243. The van der Waals surface area contributed by atoms with E-state index in [0.29, 0.717) is 136 Å². The number of nitro groups is 6. The van der Waals surface area contributed by atoms with Crippen LogP contribution in [0.4, 0.5) is 0 Å². The van der Waals surface area contributed by atoms with Crippen molar-refractivity contribution in [1.29, 1.82) is 10.5 Å². The number of hydrogen-bond acceptors (Lipinski definition) is 32. The maximum absolute atomic E-state index is 10.5. The summed E-state index contributed by atoms with van der Waals surface area (Å²) in [5.74, 6) is 4.36. The number of thioether (sulfide) groups is 2. The summed E-state index contributed by atoms with van der Waals surface area (Å²) in [6.07, 6.45) is 19.3. The Kier molecular flexibility index (Phi) is 48.9. The van der Waals surface area contributed by atoms with Gasteiger partial charge >= 0.3 is 0 Å². The number of nitrogens with zero attached hydrogens (tertiary/aromatic N) is 28. The lowest BCUT2D eigenvalue weighted by molar-refractivity contribution is -0.486. The first kappa shape index (κ1) is 107. The molecular formula is C73H88Cl7N33O13S3. The zero-order chi connectivity index (χ0) is 94.7. The molecule has 129 heavy (non-hydrogen) atoms. The van der Waals surface area contributed by atoms with Gasteiger partial charge in [-0.2, -0.15) is 15.5 Å². The number of hydrazone groups is 3. The number of hydrogen-bond donors (Lipinski definition) is 5. The third-order valence-electron chi connectivity index (χ3n) is 16.8. The van der Waals surface area contributed by atoms with Crippen molar-refractivity contribution >= 4 is 145 Å². The van der Waals surface area contributed by atoms with Crippen molar-refractivity contribution in [2.75, 3.05) is 106 Å². The van der Waals surface area contributed by atoms with Gasteiger partial charge in [0.2, 0.25) is 12.4 Å². The molecule has 0 unspecified atom stereocenters. The van der Waals surface area contributed by atoms with Crippen LogP contribution in [-0.2, 0) is 50.6 Å². The molecule has 690 valence electrons. The number of pyridine rings is 6. The fourth-order valence-electron chi connectivity index (χ4n) is 10.8. The topological polar surface area (TPSA) is 554 Å². The summed E-state index contributed by atoms with van der Waals surface area (Å²) in [6, 6.07) is 21.4. The lowest BCUT2D eigenvalue weighted by atomic mass is 10.2. The minimum Gasteiger partial charge on any atom is -0.375 e. The number of ether oxygens (including phenoxy) is 1. The molecule has 7 aromatic rings. The molecule has 5 aliphatic rings. The standard InChI is InChI=1S/2C11H15ClN4O2.C10H9ClN4S.C10H11ClN4.2C9H10ClN5O2.C8H10ClN5O3S.C5H8N2O2S/c2*1-3-15(11(13-2)8-16(17)18)7-9-4-5-10(12)14-6-9;11-9-2-1-8(5-13-9)6-15-3-4-16-10(15)14-7-12;1-8(14-7-12)15(2)6-9-3-4-10(11)13-5-9;2*10-8-2-1-7(5-12-8)6-14-4-3-11-9(14)13-15(16)17;1-12-4-17-5-13(8(12)11-14(15)16)3-6-2-10-7(9)18-6;8-7(9)4-5-6-2-1-3-10-5/h2*4-6,8,13H,3,7H2,1-2H3;1-2,5H,3-4,6H2;3-5H,6H2,1-2H3;2*1-2,5H,3-4,6H2,(H,11,13);2H,3-5H2,1H3;4,6H,1-3H2/b2*11-8+;14-10-;14-8+;;;11-8+;5-4-. The minimum atomic E-state index is -0.718. The monoisotopic (exact) mass is 1980 g/mol. The van der Waals surface area contributed by atoms with Crippen molar-refractivity contribution in [3.8, 4) is 12.4 Å². The van der Waals surface area contributed by atoms with Crippen molar-refractivity contribution in [3.05, 3.63) is 286 Å². The molecule has 0 atom stereocenters. The lowest BCUT2D eigenvalue weighted by Gasteiger charge is -2.34. The van der Waals surface area contributed by atoms with E-state index in [0.717, 1.165) is 99.6 Å². The van der Waals surface area contributed by atoms with Crippen LogP contribution in [-0.4, -0.2) is 238 Å². The quantitative estimate of drug-likeness (QED) is 0.00839. The van der Waals surface area contributed by atoms with Crippen LogP contribution < -0.4 is 26.6 Å². The highest BCUT2D eigenvalue weighted by molar-refractivity contribution is 8.14. The summed E-state index contributed by atoms with van der Waals surface area (Å²) in [7, 11) is 6.84. The Morgan fingerprint density at radius 3 is 1.30 bits per heavy atom. The van der Waals surface area contributed by atoms with Crippen LogP contribution in [0.2, 0.25) is 35.4 Å². The van der Waals surface area contributed by atoms with Gasteiger partial charge in [0, 0.05) is 180 Å². The van der Waals surface area contributed by atoms with Crippen molar-refractivity contribution in [3.63, 3.8) is 0 Å². The maximum atomic E-state index is 10.5. The van der Waals surface area contributed by atoms with Gasteiger partial charge in [-0.1, -0.05) is 129 Å². The molecule has 5 aliphatic heterocycles. The number of nitrogens with one attached hydrogen (secondary N) is 5. The number of nitriles is 2. The van der Waals surface area contributed by atoms with Crippen molar-refractivity contribution in [1.82, 2.24) is 101 Å². The van der Waals surface area contributed by atoms with Gasteiger partial charge in [0.05, 0.1) is 21.3 Å². The van der Waals surface area contributed by atoms with Crippen LogP contribution in [0.25, 0.3) is 0 Å². The van der Waals surface area contributed by atoms with E-state index in [9.17, 15) is 60.7 Å². The third kappa shape index (κ3) is 42.8. The summed E-state index contributed by atoms with van der Waals surface area (Å²) in [4.78, 5) is 111. The first-order valence-corrected chi connectivity index (χ1v) is 43.3. The molecule has 12 rings (SSSR count). The molecule has 5 saturated heterocycles. The number of thiazole rings is 1. The Morgan fingerprint density at radius 2 is 0.953 bits per heavy atom.